The number of aromatic nitrogens is 12. The standard InChI is InChI=1S/C51H34N4.C39H26N4.C33H22N4/c1-3-11-35(12-4-1)37-19-23-39(24-20-37)41-27-31-43(32-28-41)49-52-50(54-51(53-49)55-47-17-9-7-15-45(47)46-16-8-10-18-48(46)55)44-33-29-42(30-34-44)40-25-21-38(22-26-40)36-13-5-2-6-14-36;1-4-12-27(13-5-1)31-22-25-36-34(26-31)33-18-10-11-19-35(33)43(36)32-23-20-30(21-24-32)39-41-37(28-14-6-2-7-15-28)40-38(42-39)29-16-8-3-9-17-29;1-3-11-23(12-4-1)31-34-32(24-13-5-2-6-14-24)36-33(35-31)25-19-21-26(22-20-25)37-29-17-9-7-15-27(29)28-16-8-10-18-30(28)37/h1-34H;1-26H;1-22H. The van der Waals surface area contributed by atoms with Gasteiger partial charge in [0, 0.05) is 88.2 Å². The molecule has 0 saturated heterocycles. The van der Waals surface area contributed by atoms with E-state index in [1.807, 2.05) is 133 Å². The topological polar surface area (TPSA) is 131 Å². The number of hydrogen-bond donors (Lipinski definition) is 0. The summed E-state index contributed by atoms with van der Waals surface area (Å²) in [5.74, 6) is 5.76. The molecule has 19 aromatic carbocycles. The van der Waals surface area contributed by atoms with Crippen LogP contribution in [0.3, 0.4) is 0 Å². The normalized spacial score (nSPS) is 11.3. The first-order valence-corrected chi connectivity index (χ1v) is 45.2. The Hall–Kier alpha value is -18.4. The Bertz CT molecular complexity index is 8190. The van der Waals surface area contributed by atoms with Gasteiger partial charge in [0.2, 0.25) is 5.95 Å². The average molecular weight is 1730 g/mol. The first kappa shape index (κ1) is 81.1. The minimum atomic E-state index is 0.582. The van der Waals surface area contributed by atoms with Gasteiger partial charge in [-0.25, -0.2) is 34.9 Å². The van der Waals surface area contributed by atoms with Gasteiger partial charge in [0.1, 0.15) is 0 Å². The molecule has 0 fully saturated rings. The highest BCUT2D eigenvalue weighted by molar-refractivity contribution is 6.12. The van der Waals surface area contributed by atoms with Crippen LogP contribution in [0.1, 0.15) is 0 Å². The molecule has 12 heteroatoms. The SMILES string of the molecule is c1ccc(-c2ccc(-c3ccc(-c4nc(-c5ccc(-c6ccc(-c7ccccc7)cc6)cc5)nc(-n5c6ccccc6c6ccccc65)n4)cc3)cc2)cc1.c1ccc(-c2ccc3c(c2)c2ccccc2n3-c2ccc(-c3nc(-c4ccccc4)nc(-c4ccccc4)n3)cc2)cc1.c1ccc(-c2nc(-c3ccccc3)nc(-c3ccc(-n4c5ccccc5c5ccccc54)cc3)n2)cc1. The van der Waals surface area contributed by atoms with Crippen LogP contribution in [0.4, 0.5) is 0 Å². The van der Waals surface area contributed by atoms with Gasteiger partial charge in [-0.05, 0) is 147 Å². The van der Waals surface area contributed by atoms with E-state index >= 15 is 0 Å². The molecule has 634 valence electrons. The van der Waals surface area contributed by atoms with Crippen molar-refractivity contribution in [3.8, 4) is 164 Å². The summed E-state index contributed by atoms with van der Waals surface area (Å²) in [6.45, 7) is 0. The second-order valence-corrected chi connectivity index (χ2v) is 33.2. The van der Waals surface area contributed by atoms with E-state index in [2.05, 4.69) is 378 Å². The lowest BCUT2D eigenvalue weighted by Crippen LogP contribution is -2.06. The summed E-state index contributed by atoms with van der Waals surface area (Å²) >= 11 is 0. The number of hydrogen-bond acceptors (Lipinski definition) is 9. The van der Waals surface area contributed by atoms with E-state index in [1.54, 1.807) is 0 Å². The molecule has 0 aliphatic carbocycles. The molecule has 25 rings (SSSR count). The van der Waals surface area contributed by atoms with E-state index in [0.717, 1.165) is 99.9 Å². The lowest BCUT2D eigenvalue weighted by molar-refractivity contribution is 0.953. The van der Waals surface area contributed by atoms with Gasteiger partial charge in [0.25, 0.3) is 0 Å². The van der Waals surface area contributed by atoms with E-state index in [4.69, 9.17) is 44.9 Å². The largest absolute Gasteiger partial charge is 0.309 e. The highest BCUT2D eigenvalue weighted by Crippen LogP contribution is 2.41. The van der Waals surface area contributed by atoms with Crippen molar-refractivity contribution in [2.24, 2.45) is 0 Å². The zero-order valence-corrected chi connectivity index (χ0v) is 73.2. The van der Waals surface area contributed by atoms with E-state index < -0.39 is 0 Å². The van der Waals surface area contributed by atoms with Crippen molar-refractivity contribution in [2.75, 3.05) is 0 Å². The van der Waals surface area contributed by atoms with Crippen LogP contribution < -0.4 is 0 Å². The third-order valence-electron chi connectivity index (χ3n) is 24.9. The zero-order valence-electron chi connectivity index (χ0n) is 73.2. The second-order valence-electron chi connectivity index (χ2n) is 33.2. The van der Waals surface area contributed by atoms with Crippen molar-refractivity contribution in [3.63, 3.8) is 0 Å². The van der Waals surface area contributed by atoms with Crippen molar-refractivity contribution >= 4 is 65.4 Å². The van der Waals surface area contributed by atoms with Crippen molar-refractivity contribution in [3.05, 3.63) is 497 Å². The van der Waals surface area contributed by atoms with Gasteiger partial charge in [-0.2, -0.15) is 9.97 Å². The zero-order chi connectivity index (χ0) is 89.8. The molecule has 0 bridgehead atoms. The fourth-order valence-corrected chi connectivity index (χ4v) is 18.1. The Kier molecular flexibility index (Phi) is 21.8. The summed E-state index contributed by atoms with van der Waals surface area (Å²) in [4.78, 5) is 44.6. The minimum Gasteiger partial charge on any atom is -0.309 e. The summed E-state index contributed by atoms with van der Waals surface area (Å²) in [6, 6.07) is 173. The predicted octanol–water partition coefficient (Wildman–Crippen LogP) is 30.6. The molecule has 0 saturated carbocycles. The highest BCUT2D eigenvalue weighted by atomic mass is 15.2. The average Bonchev–Trinajstić information content (AvgIpc) is 1.61. The van der Waals surface area contributed by atoms with Crippen molar-refractivity contribution in [2.45, 2.75) is 0 Å². The van der Waals surface area contributed by atoms with Crippen molar-refractivity contribution in [1.29, 1.82) is 0 Å². The fraction of sp³-hybridized carbons (Fsp3) is 0. The van der Waals surface area contributed by atoms with Gasteiger partial charge < -0.3 is 9.13 Å². The maximum Gasteiger partial charge on any atom is 0.238 e. The molecule has 0 aliphatic rings. The summed E-state index contributed by atoms with van der Waals surface area (Å²) in [5, 5.41) is 7.29. The maximum atomic E-state index is 5.16. The van der Waals surface area contributed by atoms with Crippen LogP contribution in [0.2, 0.25) is 0 Å². The molecule has 12 nitrogen and oxygen atoms in total. The number of rotatable bonds is 16. The van der Waals surface area contributed by atoms with E-state index in [0.29, 0.717) is 52.5 Å². The van der Waals surface area contributed by atoms with Gasteiger partial charge in [0.05, 0.1) is 33.1 Å². The van der Waals surface area contributed by atoms with Crippen LogP contribution in [-0.4, -0.2) is 58.6 Å². The van der Waals surface area contributed by atoms with E-state index in [-0.39, 0.29) is 0 Å². The molecule has 0 spiro atoms. The summed E-state index contributed by atoms with van der Waals surface area (Å²) < 4.78 is 6.80. The summed E-state index contributed by atoms with van der Waals surface area (Å²) in [5.41, 5.74) is 28.4. The summed E-state index contributed by atoms with van der Waals surface area (Å²) in [6.07, 6.45) is 0. The molecule has 0 unspecified atom stereocenters. The Balaban J connectivity index is 0.000000117. The Labute approximate surface area is 780 Å². The molecule has 0 N–H and O–H groups in total. The molecular formula is C123H82N12. The minimum absolute atomic E-state index is 0.582. The van der Waals surface area contributed by atoms with Gasteiger partial charge in [-0.3, -0.25) is 4.57 Å². The van der Waals surface area contributed by atoms with Crippen LogP contribution in [0.15, 0.2) is 497 Å². The molecular weight excluding hydrogens is 1650 g/mol. The van der Waals surface area contributed by atoms with Crippen molar-refractivity contribution < 1.29 is 0 Å². The maximum absolute atomic E-state index is 5.16. The first-order valence-electron chi connectivity index (χ1n) is 45.2. The molecule has 25 aromatic rings. The van der Waals surface area contributed by atoms with Crippen molar-refractivity contribution in [1.82, 2.24) is 58.6 Å². The first-order chi connectivity index (χ1) is 66.9. The lowest BCUT2D eigenvalue weighted by Gasteiger charge is -2.12. The number of benzene rings is 19. The van der Waals surface area contributed by atoms with Gasteiger partial charge >= 0.3 is 0 Å². The molecule has 6 aromatic heterocycles. The third kappa shape index (κ3) is 16.4. The number of nitrogens with zero attached hydrogens (tertiary/aromatic N) is 12. The molecule has 135 heavy (non-hydrogen) atoms. The molecule has 0 radical (unpaired) electrons. The number of fused-ring (bicyclic) bond motifs is 9. The fourth-order valence-electron chi connectivity index (χ4n) is 18.1. The Morgan fingerprint density at radius 2 is 0.274 bits per heavy atom. The molecule has 0 amide bonds. The van der Waals surface area contributed by atoms with Gasteiger partial charge in [-0.1, -0.05) is 406 Å². The van der Waals surface area contributed by atoms with Crippen LogP contribution >= 0.6 is 0 Å². The number of para-hydroxylation sites is 5. The van der Waals surface area contributed by atoms with Crippen LogP contribution in [0.5, 0.6) is 0 Å². The van der Waals surface area contributed by atoms with Crippen LogP contribution in [0.25, 0.3) is 229 Å². The highest BCUT2D eigenvalue weighted by Gasteiger charge is 2.22. The monoisotopic (exact) mass is 1730 g/mol. The van der Waals surface area contributed by atoms with Gasteiger partial charge in [0.15, 0.2) is 46.6 Å². The third-order valence-corrected chi connectivity index (χ3v) is 24.9. The molecule has 0 atom stereocenters. The lowest BCUT2D eigenvalue weighted by atomic mass is 9.99. The smallest absolute Gasteiger partial charge is 0.238 e. The quantitative estimate of drug-likeness (QED) is 0.0928. The van der Waals surface area contributed by atoms with E-state index in [1.165, 1.54) is 77.0 Å². The second kappa shape index (κ2) is 36.3. The van der Waals surface area contributed by atoms with Gasteiger partial charge in [-0.15, -0.1) is 0 Å². The Morgan fingerprint density at radius 1 is 0.111 bits per heavy atom. The molecule has 6 heterocycles. The Morgan fingerprint density at radius 3 is 0.533 bits per heavy atom. The van der Waals surface area contributed by atoms with Crippen LogP contribution in [0, 0.1) is 0 Å². The summed E-state index contributed by atoms with van der Waals surface area (Å²) in [7, 11) is 0. The molecule has 0 aliphatic heterocycles. The predicted molar refractivity (Wildman–Crippen MR) is 553 cm³/mol. The van der Waals surface area contributed by atoms with E-state index in [9.17, 15) is 0 Å². The van der Waals surface area contributed by atoms with Crippen LogP contribution in [-0.2, 0) is 0 Å².